The van der Waals surface area contributed by atoms with E-state index in [1.807, 2.05) is 74.5 Å². The van der Waals surface area contributed by atoms with Gasteiger partial charge in [0.2, 0.25) is 0 Å². The molecular formula is C28H32N2O6. The van der Waals surface area contributed by atoms with Gasteiger partial charge in [0.05, 0.1) is 6.54 Å². The minimum Gasteiger partial charge on any atom is -0.480 e. The van der Waals surface area contributed by atoms with Crippen LogP contribution in [0.1, 0.15) is 25.0 Å². The van der Waals surface area contributed by atoms with Gasteiger partial charge in [-0.05, 0) is 27.8 Å². The van der Waals surface area contributed by atoms with Crippen molar-refractivity contribution in [3.63, 3.8) is 0 Å². The maximum atomic E-state index is 13.0. The molecule has 3 aromatic rings. The summed E-state index contributed by atoms with van der Waals surface area (Å²) in [6.07, 6.45) is -1.48. The van der Waals surface area contributed by atoms with Crippen LogP contribution in [0.4, 0.5) is 4.79 Å². The van der Waals surface area contributed by atoms with E-state index in [0.717, 1.165) is 21.9 Å². The standard InChI is InChI=1S/C28H32N2O6/c1-19(2)16-30(17-25(31)27(34)36-18-20-8-4-3-5-9-20)28(35)29-24(26(32)33)15-21-12-13-22-10-6-7-11-23(22)14-21/h3-14,19,24-25,31H,15-18H2,1-2H3,(H,29,35)(H,32,33)/t24-,25+/m1/s1. The van der Waals surface area contributed by atoms with Crippen LogP contribution in [0.2, 0.25) is 0 Å². The Morgan fingerprint density at radius 2 is 1.56 bits per heavy atom. The van der Waals surface area contributed by atoms with Crippen molar-refractivity contribution in [3.8, 4) is 0 Å². The van der Waals surface area contributed by atoms with Crippen LogP contribution in [0.5, 0.6) is 0 Å². The lowest BCUT2D eigenvalue weighted by atomic mass is 10.0. The van der Waals surface area contributed by atoms with Crippen molar-refractivity contribution in [1.29, 1.82) is 0 Å². The van der Waals surface area contributed by atoms with Crippen LogP contribution in [0, 0.1) is 5.92 Å². The van der Waals surface area contributed by atoms with E-state index < -0.39 is 30.1 Å². The molecule has 3 rings (SSSR count). The van der Waals surface area contributed by atoms with Gasteiger partial charge in [-0.2, -0.15) is 0 Å². The van der Waals surface area contributed by atoms with Gasteiger partial charge in [0.15, 0.2) is 6.10 Å². The van der Waals surface area contributed by atoms with Crippen LogP contribution in [0.25, 0.3) is 10.8 Å². The number of nitrogens with one attached hydrogen (secondary N) is 1. The van der Waals surface area contributed by atoms with E-state index in [2.05, 4.69) is 5.32 Å². The number of carbonyl (C=O) groups excluding carboxylic acids is 2. The highest BCUT2D eigenvalue weighted by Crippen LogP contribution is 2.17. The summed E-state index contributed by atoms with van der Waals surface area (Å²) in [5.74, 6) is -2.01. The van der Waals surface area contributed by atoms with Crippen LogP contribution in [-0.4, -0.2) is 58.3 Å². The topological polar surface area (TPSA) is 116 Å². The second-order valence-corrected chi connectivity index (χ2v) is 9.13. The Morgan fingerprint density at radius 1 is 0.889 bits per heavy atom. The molecule has 0 heterocycles. The molecule has 0 spiro atoms. The van der Waals surface area contributed by atoms with E-state index in [1.165, 1.54) is 4.90 Å². The number of rotatable bonds is 11. The first-order valence-electron chi connectivity index (χ1n) is 11.9. The number of fused-ring (bicyclic) bond motifs is 1. The second-order valence-electron chi connectivity index (χ2n) is 9.13. The summed E-state index contributed by atoms with van der Waals surface area (Å²) in [6.45, 7) is 3.66. The number of amides is 2. The maximum Gasteiger partial charge on any atom is 0.337 e. The number of carboxylic acid groups (broad SMARTS) is 1. The monoisotopic (exact) mass is 492 g/mol. The number of carboxylic acids is 1. The van der Waals surface area contributed by atoms with Crippen molar-refractivity contribution < 1.29 is 29.3 Å². The van der Waals surface area contributed by atoms with Crippen LogP contribution in [0.3, 0.4) is 0 Å². The maximum absolute atomic E-state index is 13.0. The van der Waals surface area contributed by atoms with Gasteiger partial charge in [0.25, 0.3) is 0 Å². The molecular weight excluding hydrogens is 460 g/mol. The molecule has 0 saturated heterocycles. The first-order valence-corrected chi connectivity index (χ1v) is 11.9. The summed E-state index contributed by atoms with van der Waals surface area (Å²) in [4.78, 5) is 38.5. The van der Waals surface area contributed by atoms with Crippen molar-refractivity contribution >= 4 is 28.7 Å². The number of hydrogen-bond acceptors (Lipinski definition) is 5. The fraction of sp³-hybridized carbons (Fsp3) is 0.321. The SMILES string of the molecule is CC(C)CN(C[C@H](O)C(=O)OCc1ccccc1)C(=O)N[C@H](Cc1ccc2ccccc2c1)C(=O)O. The average molecular weight is 493 g/mol. The van der Waals surface area contributed by atoms with Crippen molar-refractivity contribution in [2.45, 2.75) is 39.0 Å². The molecule has 3 aromatic carbocycles. The fourth-order valence-electron chi connectivity index (χ4n) is 3.83. The van der Waals surface area contributed by atoms with Gasteiger partial charge in [-0.25, -0.2) is 14.4 Å². The number of esters is 1. The molecule has 0 aliphatic rings. The molecule has 36 heavy (non-hydrogen) atoms. The smallest absolute Gasteiger partial charge is 0.337 e. The van der Waals surface area contributed by atoms with Gasteiger partial charge < -0.3 is 25.2 Å². The number of ether oxygens (including phenoxy) is 1. The number of hydrogen-bond donors (Lipinski definition) is 3. The summed E-state index contributed by atoms with van der Waals surface area (Å²) in [6, 6.07) is 20.6. The molecule has 0 saturated carbocycles. The lowest BCUT2D eigenvalue weighted by molar-refractivity contribution is -0.155. The number of aliphatic hydroxyl groups excluding tert-OH is 1. The fourth-order valence-corrected chi connectivity index (χ4v) is 3.83. The number of carbonyl (C=O) groups is 3. The minimum atomic E-state index is -1.57. The van der Waals surface area contributed by atoms with Crippen molar-refractivity contribution in [1.82, 2.24) is 10.2 Å². The van der Waals surface area contributed by atoms with E-state index >= 15 is 0 Å². The number of aliphatic hydroxyl groups is 1. The lowest BCUT2D eigenvalue weighted by Crippen LogP contribution is -2.52. The summed E-state index contributed by atoms with van der Waals surface area (Å²) >= 11 is 0. The molecule has 3 N–H and O–H groups in total. The number of nitrogens with zero attached hydrogens (tertiary/aromatic N) is 1. The Bertz CT molecular complexity index is 1180. The third-order valence-electron chi connectivity index (χ3n) is 5.61. The Hall–Kier alpha value is -3.91. The van der Waals surface area contributed by atoms with Crippen LogP contribution in [-0.2, 0) is 27.4 Å². The van der Waals surface area contributed by atoms with E-state index in [1.54, 1.807) is 12.1 Å². The zero-order valence-electron chi connectivity index (χ0n) is 20.5. The van der Waals surface area contributed by atoms with Gasteiger partial charge in [0.1, 0.15) is 12.6 Å². The number of benzene rings is 3. The van der Waals surface area contributed by atoms with Crippen LogP contribution < -0.4 is 5.32 Å². The summed E-state index contributed by atoms with van der Waals surface area (Å²) in [7, 11) is 0. The van der Waals surface area contributed by atoms with Crippen molar-refractivity contribution in [2.75, 3.05) is 13.1 Å². The molecule has 0 aliphatic carbocycles. The highest BCUT2D eigenvalue weighted by Gasteiger charge is 2.28. The molecule has 2 atom stereocenters. The third kappa shape index (κ3) is 7.81. The third-order valence-corrected chi connectivity index (χ3v) is 5.61. The molecule has 0 aromatic heterocycles. The summed E-state index contributed by atoms with van der Waals surface area (Å²) < 4.78 is 5.17. The largest absolute Gasteiger partial charge is 0.480 e. The van der Waals surface area contributed by atoms with Crippen molar-refractivity contribution in [2.24, 2.45) is 5.92 Å². The van der Waals surface area contributed by atoms with E-state index in [4.69, 9.17) is 4.74 Å². The zero-order valence-corrected chi connectivity index (χ0v) is 20.5. The highest BCUT2D eigenvalue weighted by atomic mass is 16.5. The normalized spacial score (nSPS) is 12.7. The molecule has 8 nitrogen and oxygen atoms in total. The molecule has 0 unspecified atom stereocenters. The van der Waals surface area contributed by atoms with Gasteiger partial charge in [-0.15, -0.1) is 0 Å². The minimum absolute atomic E-state index is 0.0000431. The molecule has 0 bridgehead atoms. The average Bonchev–Trinajstić information content (AvgIpc) is 2.86. The molecule has 0 fully saturated rings. The van der Waals surface area contributed by atoms with Crippen LogP contribution >= 0.6 is 0 Å². The summed E-state index contributed by atoms with van der Waals surface area (Å²) in [5, 5.41) is 24.7. The predicted octanol–water partition coefficient (Wildman–Crippen LogP) is 3.61. The molecule has 8 heteroatoms. The van der Waals surface area contributed by atoms with Gasteiger partial charge in [0, 0.05) is 13.0 Å². The quantitative estimate of drug-likeness (QED) is 0.352. The second kappa shape index (κ2) is 12.7. The number of aliphatic carboxylic acids is 1. The van der Waals surface area contributed by atoms with Crippen molar-refractivity contribution in [3.05, 3.63) is 83.9 Å². The highest BCUT2D eigenvalue weighted by molar-refractivity contribution is 5.85. The Morgan fingerprint density at radius 3 is 2.22 bits per heavy atom. The van der Waals surface area contributed by atoms with E-state index in [-0.39, 0.29) is 32.0 Å². The molecule has 0 aliphatic heterocycles. The molecule has 190 valence electrons. The Labute approximate surface area is 210 Å². The van der Waals surface area contributed by atoms with E-state index in [0.29, 0.717) is 0 Å². The first-order chi connectivity index (χ1) is 17.2. The summed E-state index contributed by atoms with van der Waals surface area (Å²) in [5.41, 5.74) is 1.54. The van der Waals surface area contributed by atoms with Gasteiger partial charge in [-0.1, -0.05) is 86.6 Å². The molecule has 0 radical (unpaired) electrons. The van der Waals surface area contributed by atoms with Crippen LogP contribution in [0.15, 0.2) is 72.8 Å². The van der Waals surface area contributed by atoms with Gasteiger partial charge >= 0.3 is 18.0 Å². The first kappa shape index (κ1) is 26.7. The van der Waals surface area contributed by atoms with Gasteiger partial charge in [-0.3, -0.25) is 0 Å². The lowest BCUT2D eigenvalue weighted by Gasteiger charge is -2.28. The van der Waals surface area contributed by atoms with E-state index in [9.17, 15) is 24.6 Å². The zero-order chi connectivity index (χ0) is 26.1. The predicted molar refractivity (Wildman–Crippen MR) is 136 cm³/mol. The Balaban J connectivity index is 1.64. The Kier molecular flexibility index (Phi) is 9.41. The number of urea groups is 1. The molecule has 2 amide bonds.